The van der Waals surface area contributed by atoms with Gasteiger partial charge in [-0.25, -0.2) is 0 Å². The molecule has 8 heteroatoms. The summed E-state index contributed by atoms with van der Waals surface area (Å²) in [6.45, 7) is 9.15. The van der Waals surface area contributed by atoms with Crippen molar-refractivity contribution in [3.8, 4) is 17.0 Å². The van der Waals surface area contributed by atoms with Crippen LogP contribution in [0.5, 0.6) is 5.75 Å². The van der Waals surface area contributed by atoms with Crippen LogP contribution in [0, 0.1) is 12.8 Å². The third-order valence-electron chi connectivity index (χ3n) is 6.57. The van der Waals surface area contributed by atoms with Crippen LogP contribution < -0.4 is 9.64 Å². The Hall–Kier alpha value is -3.94. The van der Waals surface area contributed by atoms with Crippen LogP contribution in [-0.2, 0) is 4.79 Å². The van der Waals surface area contributed by atoms with Gasteiger partial charge in [-0.3, -0.25) is 9.59 Å². The summed E-state index contributed by atoms with van der Waals surface area (Å²) in [5, 5.41) is 8.82. The van der Waals surface area contributed by atoms with Crippen molar-refractivity contribution < 1.29 is 14.3 Å². The fraction of sp³-hybridized carbons (Fsp3) is 0.379. The zero-order chi connectivity index (χ0) is 26.4. The number of amides is 2. The first-order valence-corrected chi connectivity index (χ1v) is 12.7. The Morgan fingerprint density at radius 2 is 1.65 bits per heavy atom. The number of hydrogen-bond acceptors (Lipinski definition) is 6. The molecule has 37 heavy (non-hydrogen) atoms. The first kappa shape index (κ1) is 26.1. The van der Waals surface area contributed by atoms with Gasteiger partial charge in [0, 0.05) is 43.9 Å². The van der Waals surface area contributed by atoms with Gasteiger partial charge in [-0.2, -0.15) is 0 Å². The number of ether oxygens (including phenoxy) is 1. The highest BCUT2D eigenvalue weighted by Crippen LogP contribution is 2.22. The number of benzene rings is 2. The number of anilines is 1. The van der Waals surface area contributed by atoms with Gasteiger partial charge in [-0.05, 0) is 60.9 Å². The number of methoxy groups -OCH3 is 1. The van der Waals surface area contributed by atoms with Gasteiger partial charge >= 0.3 is 0 Å². The number of carbonyl (C=O) groups is 2. The van der Waals surface area contributed by atoms with Crippen molar-refractivity contribution >= 4 is 17.6 Å². The third-order valence-corrected chi connectivity index (χ3v) is 6.57. The topological polar surface area (TPSA) is 78.9 Å². The lowest BCUT2D eigenvalue weighted by atomic mass is 10.1. The van der Waals surface area contributed by atoms with E-state index < -0.39 is 0 Å². The summed E-state index contributed by atoms with van der Waals surface area (Å²) in [6.07, 6.45) is 0. The minimum atomic E-state index is -0.0917. The highest BCUT2D eigenvalue weighted by atomic mass is 16.5. The van der Waals surface area contributed by atoms with Gasteiger partial charge in [-0.15, -0.1) is 10.2 Å². The second-order valence-corrected chi connectivity index (χ2v) is 9.77. The number of aromatic nitrogens is 2. The predicted octanol–water partition coefficient (Wildman–Crippen LogP) is 3.91. The maximum atomic E-state index is 13.2. The van der Waals surface area contributed by atoms with Gasteiger partial charge < -0.3 is 19.4 Å². The van der Waals surface area contributed by atoms with Crippen molar-refractivity contribution in [1.82, 2.24) is 20.0 Å². The summed E-state index contributed by atoms with van der Waals surface area (Å²) in [5.74, 6) is 1.74. The molecule has 2 heterocycles. The number of aryl methyl sites for hydroxylation is 1. The third kappa shape index (κ3) is 6.44. The highest BCUT2D eigenvalue weighted by Gasteiger charge is 2.26. The average molecular weight is 502 g/mol. The molecular weight excluding hydrogens is 466 g/mol. The van der Waals surface area contributed by atoms with E-state index in [1.165, 1.54) is 0 Å². The van der Waals surface area contributed by atoms with Crippen molar-refractivity contribution in [3.05, 3.63) is 71.8 Å². The second-order valence-electron chi connectivity index (χ2n) is 9.77. The first-order valence-electron chi connectivity index (χ1n) is 12.7. The zero-order valence-electron chi connectivity index (χ0n) is 22.1. The normalized spacial score (nSPS) is 13.5. The first-order chi connectivity index (χ1) is 17.9. The van der Waals surface area contributed by atoms with E-state index in [0.29, 0.717) is 38.3 Å². The summed E-state index contributed by atoms with van der Waals surface area (Å²) < 4.78 is 5.21. The molecule has 1 fully saturated rings. The molecule has 1 aliphatic heterocycles. The van der Waals surface area contributed by atoms with Gasteiger partial charge in [0.2, 0.25) is 5.91 Å². The molecule has 1 aliphatic rings. The Morgan fingerprint density at radius 3 is 2.24 bits per heavy atom. The largest absolute Gasteiger partial charge is 0.497 e. The zero-order valence-corrected chi connectivity index (χ0v) is 22.1. The van der Waals surface area contributed by atoms with Gasteiger partial charge in [0.15, 0.2) is 5.82 Å². The molecule has 2 aromatic carbocycles. The smallest absolute Gasteiger partial charge is 0.254 e. The van der Waals surface area contributed by atoms with E-state index in [-0.39, 0.29) is 24.3 Å². The Balaban J connectivity index is 1.35. The Labute approximate surface area is 218 Å². The summed E-state index contributed by atoms with van der Waals surface area (Å²) >= 11 is 0. The predicted molar refractivity (Wildman–Crippen MR) is 145 cm³/mol. The molecule has 0 aliphatic carbocycles. The monoisotopic (exact) mass is 501 g/mol. The van der Waals surface area contributed by atoms with Crippen molar-refractivity contribution in [2.75, 3.05) is 51.3 Å². The Bertz CT molecular complexity index is 1200. The molecule has 1 aromatic heterocycles. The van der Waals surface area contributed by atoms with Gasteiger partial charge in [-0.1, -0.05) is 32.0 Å². The van der Waals surface area contributed by atoms with E-state index in [4.69, 9.17) is 4.74 Å². The fourth-order valence-electron chi connectivity index (χ4n) is 4.50. The molecule has 2 amide bonds. The van der Waals surface area contributed by atoms with E-state index >= 15 is 0 Å². The van der Waals surface area contributed by atoms with Gasteiger partial charge in [0.25, 0.3) is 5.91 Å². The molecular formula is C29H35N5O3. The summed E-state index contributed by atoms with van der Waals surface area (Å²) in [5.41, 5.74) is 3.34. The van der Waals surface area contributed by atoms with Crippen LogP contribution in [0.3, 0.4) is 0 Å². The van der Waals surface area contributed by atoms with Crippen molar-refractivity contribution in [3.63, 3.8) is 0 Å². The number of rotatable bonds is 8. The van der Waals surface area contributed by atoms with E-state index in [1.54, 1.807) is 12.0 Å². The summed E-state index contributed by atoms with van der Waals surface area (Å²) in [4.78, 5) is 32.1. The average Bonchev–Trinajstić information content (AvgIpc) is 2.92. The van der Waals surface area contributed by atoms with Gasteiger partial charge in [0.05, 0.1) is 12.8 Å². The summed E-state index contributed by atoms with van der Waals surface area (Å²) in [7, 11) is 1.64. The maximum Gasteiger partial charge on any atom is 0.254 e. The lowest BCUT2D eigenvalue weighted by Gasteiger charge is -2.36. The van der Waals surface area contributed by atoms with Crippen LogP contribution in [0.15, 0.2) is 60.7 Å². The lowest BCUT2D eigenvalue weighted by Crippen LogP contribution is -2.52. The van der Waals surface area contributed by atoms with Crippen LogP contribution in [0.1, 0.15) is 29.8 Å². The van der Waals surface area contributed by atoms with Crippen LogP contribution in [-0.4, -0.2) is 78.2 Å². The molecule has 0 atom stereocenters. The summed E-state index contributed by atoms with van der Waals surface area (Å²) in [6, 6.07) is 19.2. The molecule has 0 N–H and O–H groups in total. The van der Waals surface area contributed by atoms with Crippen molar-refractivity contribution in [1.29, 1.82) is 0 Å². The number of piperazine rings is 1. The molecule has 0 bridgehead atoms. The highest BCUT2D eigenvalue weighted by molar-refractivity contribution is 5.97. The van der Waals surface area contributed by atoms with E-state index in [2.05, 4.69) is 28.9 Å². The Morgan fingerprint density at radius 1 is 0.946 bits per heavy atom. The minimum Gasteiger partial charge on any atom is -0.497 e. The molecule has 0 radical (unpaired) electrons. The number of carbonyl (C=O) groups excluding carboxylic acids is 2. The maximum absolute atomic E-state index is 13.2. The number of hydrogen-bond donors (Lipinski definition) is 0. The lowest BCUT2D eigenvalue weighted by molar-refractivity contribution is -0.132. The van der Waals surface area contributed by atoms with Gasteiger partial charge in [0.1, 0.15) is 12.3 Å². The molecule has 194 valence electrons. The molecule has 8 nitrogen and oxygen atoms in total. The molecule has 1 saturated heterocycles. The van der Waals surface area contributed by atoms with Crippen LogP contribution >= 0.6 is 0 Å². The molecule has 0 spiro atoms. The standard InChI is InChI=1S/C29H35N5O3/c1-21(2)19-34(29(36)25-8-6-5-7-22(25)3)20-28(35)33-17-15-32(16-18-33)27-14-13-26(30-31-27)23-9-11-24(37-4)12-10-23/h5-14,21H,15-20H2,1-4H3. The Kier molecular flexibility index (Phi) is 8.38. The van der Waals surface area contributed by atoms with Crippen molar-refractivity contribution in [2.45, 2.75) is 20.8 Å². The van der Waals surface area contributed by atoms with Crippen LogP contribution in [0.25, 0.3) is 11.3 Å². The SMILES string of the molecule is COc1ccc(-c2ccc(N3CCN(C(=O)CN(CC(C)C)C(=O)c4ccccc4C)CC3)nn2)cc1. The number of nitrogens with zero attached hydrogens (tertiary/aromatic N) is 5. The second kappa shape index (κ2) is 11.9. The van der Waals surface area contributed by atoms with E-state index in [0.717, 1.165) is 28.4 Å². The minimum absolute atomic E-state index is 0.0248. The molecule has 4 rings (SSSR count). The molecule has 0 saturated carbocycles. The van der Waals surface area contributed by atoms with Crippen LogP contribution in [0.2, 0.25) is 0 Å². The fourth-order valence-corrected chi connectivity index (χ4v) is 4.50. The van der Waals surface area contributed by atoms with Crippen LogP contribution in [0.4, 0.5) is 5.82 Å². The molecule has 0 unspecified atom stereocenters. The quantitative estimate of drug-likeness (QED) is 0.466. The molecule has 3 aromatic rings. The van der Waals surface area contributed by atoms with E-state index in [1.807, 2.05) is 72.5 Å². The van der Waals surface area contributed by atoms with Crippen molar-refractivity contribution in [2.24, 2.45) is 5.92 Å². The van der Waals surface area contributed by atoms with E-state index in [9.17, 15) is 9.59 Å².